The Kier molecular flexibility index (Phi) is 3.77. The highest BCUT2D eigenvalue weighted by molar-refractivity contribution is 5.04. The molecule has 19 heavy (non-hydrogen) atoms. The SMILES string of the molecule is C=C(C)CC(CC12CC3CC(CC(C3)C1)C2)NCC. The van der Waals surface area contributed by atoms with Crippen LogP contribution >= 0.6 is 0 Å². The number of nitrogens with one attached hydrogen (secondary N) is 1. The lowest BCUT2D eigenvalue weighted by molar-refractivity contribution is -0.0618. The fourth-order valence-electron chi connectivity index (χ4n) is 5.99. The predicted molar refractivity (Wildman–Crippen MR) is 82.1 cm³/mol. The first kappa shape index (κ1) is 13.7. The van der Waals surface area contributed by atoms with E-state index in [4.69, 9.17) is 0 Å². The molecule has 1 unspecified atom stereocenters. The molecule has 4 rings (SSSR count). The van der Waals surface area contributed by atoms with E-state index in [1.165, 1.54) is 37.7 Å². The van der Waals surface area contributed by atoms with Crippen LogP contribution in [-0.2, 0) is 0 Å². The summed E-state index contributed by atoms with van der Waals surface area (Å²) in [6, 6.07) is 0.679. The number of hydrogen-bond donors (Lipinski definition) is 1. The molecule has 0 aromatic carbocycles. The van der Waals surface area contributed by atoms with E-state index in [0.29, 0.717) is 11.5 Å². The normalized spacial score (nSPS) is 41.5. The minimum atomic E-state index is 0.679. The van der Waals surface area contributed by atoms with Gasteiger partial charge in [0.2, 0.25) is 0 Å². The van der Waals surface area contributed by atoms with Crippen LogP contribution in [0, 0.1) is 23.2 Å². The molecule has 4 fully saturated rings. The van der Waals surface area contributed by atoms with Crippen LogP contribution in [0.3, 0.4) is 0 Å². The molecule has 1 atom stereocenters. The van der Waals surface area contributed by atoms with Gasteiger partial charge in [-0.05, 0) is 88.0 Å². The van der Waals surface area contributed by atoms with E-state index >= 15 is 0 Å². The van der Waals surface area contributed by atoms with Gasteiger partial charge in [0.05, 0.1) is 0 Å². The lowest BCUT2D eigenvalue weighted by Crippen LogP contribution is -2.49. The highest BCUT2D eigenvalue weighted by Crippen LogP contribution is 2.61. The van der Waals surface area contributed by atoms with Crippen LogP contribution in [0.1, 0.15) is 65.2 Å². The van der Waals surface area contributed by atoms with E-state index in [-0.39, 0.29) is 0 Å². The minimum absolute atomic E-state index is 0.679. The van der Waals surface area contributed by atoms with Crippen molar-refractivity contribution in [2.75, 3.05) is 6.54 Å². The molecule has 1 nitrogen and oxygen atoms in total. The van der Waals surface area contributed by atoms with Gasteiger partial charge in [0.25, 0.3) is 0 Å². The Morgan fingerprint density at radius 3 is 2.11 bits per heavy atom. The average Bonchev–Trinajstić information content (AvgIpc) is 2.25. The largest absolute Gasteiger partial charge is 0.314 e. The van der Waals surface area contributed by atoms with Crippen molar-refractivity contribution in [3.05, 3.63) is 12.2 Å². The third kappa shape index (κ3) is 2.91. The molecule has 0 aromatic heterocycles. The summed E-state index contributed by atoms with van der Waals surface area (Å²) in [5, 5.41) is 3.73. The van der Waals surface area contributed by atoms with Gasteiger partial charge in [0, 0.05) is 6.04 Å². The molecule has 0 aromatic rings. The van der Waals surface area contributed by atoms with Crippen molar-refractivity contribution in [1.82, 2.24) is 5.32 Å². The average molecular weight is 261 g/mol. The predicted octanol–water partition coefficient (Wildman–Crippen LogP) is 4.54. The monoisotopic (exact) mass is 261 g/mol. The third-order valence-electron chi connectivity index (χ3n) is 5.93. The van der Waals surface area contributed by atoms with Crippen molar-refractivity contribution in [3.8, 4) is 0 Å². The molecule has 4 bridgehead atoms. The Bertz CT molecular complexity index is 308. The van der Waals surface area contributed by atoms with E-state index in [2.05, 4.69) is 25.7 Å². The summed E-state index contributed by atoms with van der Waals surface area (Å²) in [4.78, 5) is 0. The van der Waals surface area contributed by atoms with E-state index in [1.54, 1.807) is 19.3 Å². The standard InChI is InChI=1S/C18H31N/c1-4-19-17(5-13(2)3)12-18-9-14-6-15(10-18)8-16(7-14)11-18/h14-17,19H,2,4-12H2,1,3H3. The lowest BCUT2D eigenvalue weighted by atomic mass is 9.48. The first-order valence-electron chi connectivity index (χ1n) is 8.46. The van der Waals surface area contributed by atoms with Crippen LogP contribution in [0.15, 0.2) is 12.2 Å². The second-order valence-electron chi connectivity index (χ2n) is 8.04. The van der Waals surface area contributed by atoms with Crippen LogP contribution in [0.25, 0.3) is 0 Å². The minimum Gasteiger partial charge on any atom is -0.314 e. The molecular weight excluding hydrogens is 230 g/mol. The van der Waals surface area contributed by atoms with Crippen LogP contribution < -0.4 is 5.32 Å². The molecule has 0 amide bonds. The zero-order valence-electron chi connectivity index (χ0n) is 12.9. The summed E-state index contributed by atoms with van der Waals surface area (Å²) in [5.74, 6) is 3.25. The topological polar surface area (TPSA) is 12.0 Å². The molecule has 0 saturated heterocycles. The Balaban J connectivity index is 1.68. The molecule has 1 N–H and O–H groups in total. The van der Waals surface area contributed by atoms with E-state index < -0.39 is 0 Å². The molecule has 4 aliphatic carbocycles. The van der Waals surface area contributed by atoms with Gasteiger partial charge >= 0.3 is 0 Å². The third-order valence-corrected chi connectivity index (χ3v) is 5.93. The van der Waals surface area contributed by atoms with Crippen LogP contribution in [-0.4, -0.2) is 12.6 Å². The number of rotatable bonds is 6. The van der Waals surface area contributed by atoms with Gasteiger partial charge in [-0.1, -0.05) is 12.5 Å². The fraction of sp³-hybridized carbons (Fsp3) is 0.889. The van der Waals surface area contributed by atoms with Crippen molar-refractivity contribution in [1.29, 1.82) is 0 Å². The quantitative estimate of drug-likeness (QED) is 0.692. The molecule has 0 aliphatic heterocycles. The summed E-state index contributed by atoms with van der Waals surface area (Å²) in [6.45, 7) is 9.66. The first-order chi connectivity index (χ1) is 9.08. The van der Waals surface area contributed by atoms with Gasteiger partial charge in [-0.3, -0.25) is 0 Å². The van der Waals surface area contributed by atoms with Crippen molar-refractivity contribution in [2.24, 2.45) is 23.2 Å². The molecule has 1 heteroatoms. The molecular formula is C18H31N. The molecule has 0 radical (unpaired) electrons. The van der Waals surface area contributed by atoms with Gasteiger partial charge in [0.15, 0.2) is 0 Å². The maximum atomic E-state index is 4.13. The van der Waals surface area contributed by atoms with Crippen molar-refractivity contribution < 1.29 is 0 Å². The summed E-state index contributed by atoms with van der Waals surface area (Å²) in [5.41, 5.74) is 2.05. The molecule has 108 valence electrons. The van der Waals surface area contributed by atoms with E-state index in [9.17, 15) is 0 Å². The second-order valence-corrected chi connectivity index (χ2v) is 8.04. The Morgan fingerprint density at radius 2 is 1.68 bits per heavy atom. The summed E-state index contributed by atoms with van der Waals surface area (Å²) in [6.07, 6.45) is 11.9. The van der Waals surface area contributed by atoms with Gasteiger partial charge in [-0.2, -0.15) is 0 Å². The van der Waals surface area contributed by atoms with Gasteiger partial charge in [-0.25, -0.2) is 0 Å². The molecule has 0 spiro atoms. The highest BCUT2D eigenvalue weighted by Gasteiger charge is 2.51. The van der Waals surface area contributed by atoms with Gasteiger partial charge in [0.1, 0.15) is 0 Å². The summed E-state index contributed by atoms with van der Waals surface area (Å²) >= 11 is 0. The Morgan fingerprint density at radius 1 is 1.16 bits per heavy atom. The summed E-state index contributed by atoms with van der Waals surface area (Å²) < 4.78 is 0. The van der Waals surface area contributed by atoms with Gasteiger partial charge < -0.3 is 5.32 Å². The smallest absolute Gasteiger partial charge is 0.0109 e. The maximum Gasteiger partial charge on any atom is 0.0109 e. The zero-order chi connectivity index (χ0) is 13.5. The van der Waals surface area contributed by atoms with E-state index in [1.807, 2.05) is 0 Å². The Hall–Kier alpha value is -0.300. The maximum absolute atomic E-state index is 4.13. The summed E-state index contributed by atoms with van der Waals surface area (Å²) in [7, 11) is 0. The van der Waals surface area contributed by atoms with Crippen LogP contribution in [0.5, 0.6) is 0 Å². The molecule has 4 saturated carbocycles. The van der Waals surface area contributed by atoms with Crippen LogP contribution in [0.2, 0.25) is 0 Å². The van der Waals surface area contributed by atoms with Crippen molar-refractivity contribution in [2.45, 2.75) is 71.3 Å². The Labute approximate surface area is 119 Å². The second kappa shape index (κ2) is 5.24. The van der Waals surface area contributed by atoms with Crippen molar-refractivity contribution in [3.63, 3.8) is 0 Å². The zero-order valence-corrected chi connectivity index (χ0v) is 12.9. The fourth-order valence-corrected chi connectivity index (χ4v) is 5.99. The molecule has 0 heterocycles. The highest BCUT2D eigenvalue weighted by atomic mass is 14.9. The van der Waals surface area contributed by atoms with Crippen molar-refractivity contribution >= 4 is 0 Å². The molecule has 4 aliphatic rings. The number of hydrogen-bond acceptors (Lipinski definition) is 1. The van der Waals surface area contributed by atoms with Crippen LogP contribution in [0.4, 0.5) is 0 Å². The van der Waals surface area contributed by atoms with E-state index in [0.717, 1.165) is 24.3 Å². The van der Waals surface area contributed by atoms with Gasteiger partial charge in [-0.15, -0.1) is 6.58 Å². The first-order valence-corrected chi connectivity index (χ1v) is 8.46. The lowest BCUT2D eigenvalue weighted by Gasteiger charge is -2.57.